The predicted molar refractivity (Wildman–Crippen MR) is 95.2 cm³/mol. The first-order valence-electron chi connectivity index (χ1n) is 7.17. The van der Waals surface area contributed by atoms with E-state index in [0.717, 1.165) is 33.1 Å². The van der Waals surface area contributed by atoms with Crippen LogP contribution in [0.3, 0.4) is 0 Å². The number of nitrogen functional groups attached to an aromatic ring is 1. The van der Waals surface area contributed by atoms with Gasteiger partial charge >= 0.3 is 0 Å². The molecule has 2 N–H and O–H groups in total. The number of nitrogens with zero attached hydrogens (tertiary/aromatic N) is 1. The fourth-order valence-electron chi connectivity index (χ4n) is 2.31. The van der Waals surface area contributed by atoms with Crippen LogP contribution in [-0.4, -0.2) is 19.2 Å². The normalized spacial score (nSPS) is 10.6. The minimum atomic E-state index is 0.696. The minimum Gasteiger partial charge on any atom is -0.493 e. The van der Waals surface area contributed by atoms with Crippen molar-refractivity contribution in [3.05, 3.63) is 47.3 Å². The molecule has 23 heavy (non-hydrogen) atoms. The van der Waals surface area contributed by atoms with Crippen LogP contribution in [0.1, 0.15) is 5.56 Å². The van der Waals surface area contributed by atoms with Gasteiger partial charge in [0.05, 0.1) is 19.9 Å². The Balaban J connectivity index is 1.97. The van der Waals surface area contributed by atoms with Crippen molar-refractivity contribution in [2.24, 2.45) is 0 Å². The maximum Gasteiger partial charge on any atom is 0.161 e. The van der Waals surface area contributed by atoms with E-state index in [1.807, 2.05) is 48.7 Å². The van der Waals surface area contributed by atoms with Gasteiger partial charge in [-0.05, 0) is 36.8 Å². The van der Waals surface area contributed by atoms with Crippen molar-refractivity contribution in [1.82, 2.24) is 4.98 Å². The molecule has 0 atom stereocenters. The second-order valence-electron chi connectivity index (χ2n) is 5.18. The number of anilines is 1. The lowest BCUT2D eigenvalue weighted by atomic mass is 10.1. The highest BCUT2D eigenvalue weighted by atomic mass is 32.1. The fourth-order valence-corrected chi connectivity index (χ4v) is 3.13. The molecule has 118 valence electrons. The summed E-state index contributed by atoms with van der Waals surface area (Å²) in [5, 5.41) is 2.97. The molecule has 1 heterocycles. The summed E-state index contributed by atoms with van der Waals surface area (Å²) in [6.07, 6.45) is 0. The standard InChI is InChI=1S/C18H18N2O2S/c1-11-4-5-12(8-14(11)19)15-10-23-18(20-15)13-6-7-16(21-2)17(9-13)22-3/h4-10H,19H2,1-3H3. The van der Waals surface area contributed by atoms with Crippen LogP contribution in [0.15, 0.2) is 41.8 Å². The summed E-state index contributed by atoms with van der Waals surface area (Å²) in [5.41, 5.74) is 10.8. The van der Waals surface area contributed by atoms with Gasteiger partial charge in [0.15, 0.2) is 11.5 Å². The molecular formula is C18H18N2O2S. The maximum absolute atomic E-state index is 5.99. The van der Waals surface area contributed by atoms with Gasteiger partial charge in [0, 0.05) is 22.2 Å². The molecule has 2 aromatic carbocycles. The van der Waals surface area contributed by atoms with Gasteiger partial charge in [0.2, 0.25) is 0 Å². The van der Waals surface area contributed by atoms with E-state index < -0.39 is 0 Å². The Bertz CT molecular complexity index is 843. The van der Waals surface area contributed by atoms with Crippen LogP contribution in [0.5, 0.6) is 11.5 Å². The van der Waals surface area contributed by atoms with Gasteiger partial charge < -0.3 is 15.2 Å². The Morgan fingerprint density at radius 3 is 2.39 bits per heavy atom. The van der Waals surface area contributed by atoms with E-state index in [9.17, 15) is 0 Å². The molecule has 5 heteroatoms. The molecule has 0 saturated carbocycles. The van der Waals surface area contributed by atoms with Crippen LogP contribution in [-0.2, 0) is 0 Å². The molecule has 1 aromatic heterocycles. The molecule has 0 amide bonds. The molecular weight excluding hydrogens is 308 g/mol. The average molecular weight is 326 g/mol. The third kappa shape index (κ3) is 3.00. The van der Waals surface area contributed by atoms with E-state index in [2.05, 4.69) is 0 Å². The van der Waals surface area contributed by atoms with Gasteiger partial charge in [-0.2, -0.15) is 0 Å². The fraction of sp³-hybridized carbons (Fsp3) is 0.167. The SMILES string of the molecule is COc1ccc(-c2nc(-c3ccc(C)c(N)c3)cs2)cc1OC. The Labute approximate surface area is 139 Å². The number of aryl methyl sites for hydroxylation is 1. The van der Waals surface area contributed by atoms with E-state index in [-0.39, 0.29) is 0 Å². The van der Waals surface area contributed by atoms with Crippen molar-refractivity contribution in [3.8, 4) is 33.3 Å². The van der Waals surface area contributed by atoms with E-state index >= 15 is 0 Å². The van der Waals surface area contributed by atoms with Crippen molar-refractivity contribution in [2.75, 3.05) is 20.0 Å². The number of hydrogen-bond donors (Lipinski definition) is 1. The molecule has 4 nitrogen and oxygen atoms in total. The summed E-state index contributed by atoms with van der Waals surface area (Å²) in [7, 11) is 3.25. The zero-order valence-electron chi connectivity index (χ0n) is 13.3. The summed E-state index contributed by atoms with van der Waals surface area (Å²) in [6.45, 7) is 2.00. The Morgan fingerprint density at radius 2 is 1.70 bits per heavy atom. The van der Waals surface area contributed by atoms with Crippen LogP contribution >= 0.6 is 11.3 Å². The van der Waals surface area contributed by atoms with Crippen molar-refractivity contribution < 1.29 is 9.47 Å². The highest BCUT2D eigenvalue weighted by Gasteiger charge is 2.11. The number of methoxy groups -OCH3 is 2. The largest absolute Gasteiger partial charge is 0.493 e. The van der Waals surface area contributed by atoms with Gasteiger partial charge in [-0.1, -0.05) is 12.1 Å². The number of nitrogens with two attached hydrogens (primary N) is 1. The van der Waals surface area contributed by atoms with Crippen molar-refractivity contribution in [3.63, 3.8) is 0 Å². The molecule has 0 aliphatic carbocycles. The minimum absolute atomic E-state index is 0.696. The van der Waals surface area contributed by atoms with Crippen LogP contribution in [0.25, 0.3) is 21.8 Å². The first-order chi connectivity index (χ1) is 11.1. The number of rotatable bonds is 4. The number of ether oxygens (including phenoxy) is 2. The Morgan fingerprint density at radius 1 is 0.957 bits per heavy atom. The zero-order chi connectivity index (χ0) is 16.4. The van der Waals surface area contributed by atoms with Gasteiger partial charge in [-0.25, -0.2) is 4.98 Å². The van der Waals surface area contributed by atoms with Crippen LogP contribution in [0.4, 0.5) is 5.69 Å². The van der Waals surface area contributed by atoms with Crippen molar-refractivity contribution in [1.29, 1.82) is 0 Å². The number of aromatic nitrogens is 1. The molecule has 3 rings (SSSR count). The van der Waals surface area contributed by atoms with E-state index in [1.54, 1.807) is 25.6 Å². The monoisotopic (exact) mass is 326 g/mol. The number of benzene rings is 2. The number of hydrogen-bond acceptors (Lipinski definition) is 5. The lowest BCUT2D eigenvalue weighted by Crippen LogP contribution is -1.91. The second kappa shape index (κ2) is 6.30. The first-order valence-corrected chi connectivity index (χ1v) is 8.04. The molecule has 0 radical (unpaired) electrons. The van der Waals surface area contributed by atoms with Crippen LogP contribution in [0, 0.1) is 6.92 Å². The molecule has 3 aromatic rings. The third-order valence-electron chi connectivity index (χ3n) is 3.71. The van der Waals surface area contributed by atoms with Gasteiger partial charge in [0.1, 0.15) is 5.01 Å². The van der Waals surface area contributed by atoms with E-state index in [4.69, 9.17) is 20.2 Å². The Hall–Kier alpha value is -2.53. The first kappa shape index (κ1) is 15.4. The highest BCUT2D eigenvalue weighted by molar-refractivity contribution is 7.13. The van der Waals surface area contributed by atoms with Gasteiger partial charge in [-0.3, -0.25) is 0 Å². The van der Waals surface area contributed by atoms with Crippen LogP contribution in [0.2, 0.25) is 0 Å². The highest BCUT2D eigenvalue weighted by Crippen LogP contribution is 2.35. The maximum atomic E-state index is 5.99. The van der Waals surface area contributed by atoms with E-state index in [0.29, 0.717) is 11.5 Å². The summed E-state index contributed by atoms with van der Waals surface area (Å²) >= 11 is 1.59. The molecule has 0 aliphatic heterocycles. The lowest BCUT2D eigenvalue weighted by molar-refractivity contribution is 0.355. The van der Waals surface area contributed by atoms with Gasteiger partial charge in [-0.15, -0.1) is 11.3 Å². The summed E-state index contributed by atoms with van der Waals surface area (Å²) in [6, 6.07) is 11.8. The number of thiazole rings is 1. The average Bonchev–Trinajstić information content (AvgIpc) is 3.06. The quantitative estimate of drug-likeness (QED) is 0.723. The Kier molecular flexibility index (Phi) is 4.21. The van der Waals surface area contributed by atoms with E-state index in [1.165, 1.54) is 0 Å². The summed E-state index contributed by atoms with van der Waals surface area (Å²) in [4.78, 5) is 4.72. The molecule has 0 unspecified atom stereocenters. The third-order valence-corrected chi connectivity index (χ3v) is 4.60. The van der Waals surface area contributed by atoms with Crippen molar-refractivity contribution >= 4 is 17.0 Å². The zero-order valence-corrected chi connectivity index (χ0v) is 14.1. The summed E-state index contributed by atoms with van der Waals surface area (Å²) in [5.74, 6) is 1.40. The summed E-state index contributed by atoms with van der Waals surface area (Å²) < 4.78 is 10.6. The molecule has 0 spiro atoms. The smallest absolute Gasteiger partial charge is 0.161 e. The second-order valence-corrected chi connectivity index (χ2v) is 6.04. The van der Waals surface area contributed by atoms with Crippen LogP contribution < -0.4 is 15.2 Å². The molecule has 0 aliphatic rings. The van der Waals surface area contributed by atoms with Gasteiger partial charge in [0.25, 0.3) is 0 Å². The predicted octanol–water partition coefficient (Wildman–Crippen LogP) is 4.38. The molecule has 0 saturated heterocycles. The molecule has 0 fully saturated rings. The molecule has 0 bridgehead atoms. The van der Waals surface area contributed by atoms with Crippen molar-refractivity contribution in [2.45, 2.75) is 6.92 Å². The topological polar surface area (TPSA) is 57.4 Å². The lowest BCUT2D eigenvalue weighted by Gasteiger charge is -2.08.